The van der Waals surface area contributed by atoms with Crippen molar-refractivity contribution in [3.63, 3.8) is 0 Å². The van der Waals surface area contributed by atoms with Crippen LogP contribution in [0.1, 0.15) is 60.7 Å². The molecule has 1 amide bonds. The van der Waals surface area contributed by atoms with E-state index in [9.17, 15) is 13.6 Å². The highest BCUT2D eigenvalue weighted by atomic mass is 19.3. The Hall–Kier alpha value is -2.96. The molecule has 1 fully saturated rings. The number of halogens is 2. The summed E-state index contributed by atoms with van der Waals surface area (Å²) < 4.78 is 27.2. The number of aromatic nitrogens is 2. The molecule has 1 aromatic carbocycles. The summed E-state index contributed by atoms with van der Waals surface area (Å²) in [7, 11) is 0. The van der Waals surface area contributed by atoms with Crippen LogP contribution in [0, 0.1) is 12.8 Å². The van der Waals surface area contributed by atoms with E-state index < -0.39 is 6.43 Å². The lowest BCUT2D eigenvalue weighted by Crippen LogP contribution is -2.41. The fourth-order valence-corrected chi connectivity index (χ4v) is 5.62. The standard InChI is InChI=1S/C27H32F2N4O/c1-19-17-24(27(28)29)30-33(19)18-26(34)32-15-11-21(12-16-32)20-9-13-31(14-10-20)25-8-4-6-22-5-2-3-7-23(22)25/h2-3,5,7,9-10,13,17,21,25,27H,4,6,8,11-12,14-16,18H2,1H3. The number of hydrogen-bond donors (Lipinski definition) is 0. The zero-order valence-corrected chi connectivity index (χ0v) is 19.7. The van der Waals surface area contributed by atoms with Crippen LogP contribution < -0.4 is 0 Å². The van der Waals surface area contributed by atoms with E-state index in [4.69, 9.17) is 0 Å². The van der Waals surface area contributed by atoms with Crippen molar-refractivity contribution in [3.05, 3.63) is 76.8 Å². The number of alkyl halides is 2. The molecule has 5 nitrogen and oxygen atoms in total. The minimum absolute atomic E-state index is 0.0175. The Balaban J connectivity index is 1.15. The summed E-state index contributed by atoms with van der Waals surface area (Å²) in [6.45, 7) is 4.03. The van der Waals surface area contributed by atoms with E-state index in [0.29, 0.717) is 30.7 Å². The van der Waals surface area contributed by atoms with Gasteiger partial charge in [-0.05, 0) is 73.8 Å². The van der Waals surface area contributed by atoms with E-state index in [1.807, 2.05) is 4.90 Å². The van der Waals surface area contributed by atoms with Gasteiger partial charge in [-0.15, -0.1) is 0 Å². The highest BCUT2D eigenvalue weighted by molar-refractivity contribution is 5.76. The lowest BCUT2D eigenvalue weighted by atomic mass is 9.85. The molecule has 2 aromatic rings. The quantitative estimate of drug-likeness (QED) is 0.608. The van der Waals surface area contributed by atoms with E-state index in [2.05, 4.69) is 52.6 Å². The number of hydrogen-bond acceptors (Lipinski definition) is 3. The van der Waals surface area contributed by atoms with Crippen LogP contribution in [-0.2, 0) is 17.8 Å². The number of amides is 1. The number of carbonyl (C=O) groups is 1. The molecule has 180 valence electrons. The topological polar surface area (TPSA) is 41.4 Å². The molecule has 34 heavy (non-hydrogen) atoms. The zero-order chi connectivity index (χ0) is 23.7. The second-order valence-corrected chi connectivity index (χ2v) is 9.65. The summed E-state index contributed by atoms with van der Waals surface area (Å²) in [5.41, 5.74) is 4.63. The SMILES string of the molecule is Cc1cc(C(F)F)nn1CC(=O)N1CCC(C2=CCN(C3CCCc4ccccc43)C=C2)CC1. The van der Waals surface area contributed by atoms with Gasteiger partial charge in [-0.25, -0.2) is 8.78 Å². The van der Waals surface area contributed by atoms with Gasteiger partial charge in [-0.3, -0.25) is 9.48 Å². The monoisotopic (exact) mass is 466 g/mol. The molecule has 1 saturated heterocycles. The second-order valence-electron chi connectivity index (χ2n) is 9.65. The molecular formula is C27H32F2N4O. The number of likely N-dealkylation sites (tertiary alicyclic amines) is 1. The smallest absolute Gasteiger partial charge is 0.282 e. The van der Waals surface area contributed by atoms with Crippen molar-refractivity contribution in [2.24, 2.45) is 5.92 Å². The van der Waals surface area contributed by atoms with Crippen LogP contribution in [0.3, 0.4) is 0 Å². The van der Waals surface area contributed by atoms with E-state index in [1.165, 1.54) is 46.7 Å². The van der Waals surface area contributed by atoms with Crippen LogP contribution in [0.25, 0.3) is 0 Å². The molecule has 3 heterocycles. The Kier molecular flexibility index (Phi) is 6.53. The van der Waals surface area contributed by atoms with Crippen LogP contribution in [0.4, 0.5) is 8.78 Å². The van der Waals surface area contributed by atoms with E-state index >= 15 is 0 Å². The number of rotatable bonds is 5. The van der Waals surface area contributed by atoms with Gasteiger partial charge in [0, 0.05) is 31.5 Å². The first-order valence-corrected chi connectivity index (χ1v) is 12.3. The van der Waals surface area contributed by atoms with Gasteiger partial charge in [0.05, 0.1) is 6.04 Å². The predicted molar refractivity (Wildman–Crippen MR) is 127 cm³/mol. The Morgan fingerprint density at radius 1 is 1.18 bits per heavy atom. The van der Waals surface area contributed by atoms with Gasteiger partial charge < -0.3 is 9.80 Å². The maximum Gasteiger partial charge on any atom is 0.282 e. The van der Waals surface area contributed by atoms with E-state index in [0.717, 1.165) is 19.4 Å². The number of nitrogens with zero attached hydrogens (tertiary/aromatic N) is 4. The number of fused-ring (bicyclic) bond motifs is 1. The molecule has 1 aromatic heterocycles. The maximum absolute atomic E-state index is 12.9. The number of aryl methyl sites for hydroxylation is 2. The molecule has 0 radical (unpaired) electrons. The third-order valence-corrected chi connectivity index (χ3v) is 7.56. The van der Waals surface area contributed by atoms with Gasteiger partial charge in [0.1, 0.15) is 12.2 Å². The van der Waals surface area contributed by atoms with Crippen molar-refractivity contribution in [2.75, 3.05) is 19.6 Å². The Labute approximate surface area is 199 Å². The number of allylic oxidation sites excluding steroid dienone is 2. The number of piperidine rings is 1. The van der Waals surface area contributed by atoms with Crippen LogP contribution >= 0.6 is 0 Å². The van der Waals surface area contributed by atoms with Crippen LogP contribution in [-0.4, -0.2) is 45.1 Å². The van der Waals surface area contributed by atoms with Gasteiger partial charge in [-0.2, -0.15) is 5.10 Å². The van der Waals surface area contributed by atoms with Crippen molar-refractivity contribution in [1.29, 1.82) is 0 Å². The largest absolute Gasteiger partial charge is 0.367 e. The van der Waals surface area contributed by atoms with Crippen LogP contribution in [0.15, 0.2) is 54.3 Å². The van der Waals surface area contributed by atoms with Gasteiger partial charge in [0.2, 0.25) is 5.91 Å². The Morgan fingerprint density at radius 2 is 1.97 bits per heavy atom. The number of benzene rings is 1. The van der Waals surface area contributed by atoms with Crippen molar-refractivity contribution >= 4 is 5.91 Å². The van der Waals surface area contributed by atoms with E-state index in [-0.39, 0.29) is 18.1 Å². The first-order chi connectivity index (χ1) is 16.5. The van der Waals surface area contributed by atoms with Crippen molar-refractivity contribution in [3.8, 4) is 0 Å². The van der Waals surface area contributed by atoms with Gasteiger partial charge in [-0.1, -0.05) is 30.3 Å². The van der Waals surface area contributed by atoms with Crippen molar-refractivity contribution in [1.82, 2.24) is 19.6 Å². The molecule has 0 N–H and O–H groups in total. The van der Waals surface area contributed by atoms with Gasteiger partial charge in [0.15, 0.2) is 0 Å². The molecule has 7 heteroatoms. The molecule has 0 bridgehead atoms. The summed E-state index contributed by atoms with van der Waals surface area (Å²) in [5, 5.41) is 3.89. The summed E-state index contributed by atoms with van der Waals surface area (Å²) in [5.74, 6) is 0.402. The lowest BCUT2D eigenvalue weighted by molar-refractivity contribution is -0.133. The zero-order valence-electron chi connectivity index (χ0n) is 19.7. The van der Waals surface area contributed by atoms with E-state index in [1.54, 1.807) is 6.92 Å². The Morgan fingerprint density at radius 3 is 2.68 bits per heavy atom. The highest BCUT2D eigenvalue weighted by Crippen LogP contribution is 2.36. The number of carbonyl (C=O) groups excluding carboxylic acids is 1. The van der Waals surface area contributed by atoms with Crippen molar-refractivity contribution < 1.29 is 13.6 Å². The fourth-order valence-electron chi connectivity index (χ4n) is 5.62. The first kappa shape index (κ1) is 22.8. The van der Waals surface area contributed by atoms with Crippen LogP contribution in [0.5, 0.6) is 0 Å². The molecular weight excluding hydrogens is 434 g/mol. The fraction of sp³-hybridized carbons (Fsp3) is 0.481. The summed E-state index contributed by atoms with van der Waals surface area (Å²) in [6, 6.07) is 10.6. The molecule has 1 atom stereocenters. The second kappa shape index (κ2) is 9.72. The molecule has 0 saturated carbocycles. The average molecular weight is 467 g/mol. The predicted octanol–water partition coefficient (Wildman–Crippen LogP) is 5.20. The minimum atomic E-state index is -2.62. The lowest BCUT2D eigenvalue weighted by Gasteiger charge is -2.38. The normalized spacial score (nSPS) is 21.1. The molecule has 3 aliphatic rings. The van der Waals surface area contributed by atoms with Gasteiger partial charge >= 0.3 is 0 Å². The summed E-state index contributed by atoms with van der Waals surface area (Å²) in [4.78, 5) is 17.0. The molecule has 1 unspecified atom stereocenters. The molecule has 0 spiro atoms. The third kappa shape index (κ3) is 4.65. The molecule has 2 aliphatic heterocycles. The summed E-state index contributed by atoms with van der Waals surface area (Å²) in [6.07, 6.45) is 9.72. The third-order valence-electron chi connectivity index (χ3n) is 7.56. The minimum Gasteiger partial charge on any atom is -0.367 e. The molecule has 1 aliphatic carbocycles. The highest BCUT2D eigenvalue weighted by Gasteiger charge is 2.28. The Bertz CT molecular complexity index is 1100. The van der Waals surface area contributed by atoms with Gasteiger partial charge in [0.25, 0.3) is 6.43 Å². The molecule has 5 rings (SSSR count). The summed E-state index contributed by atoms with van der Waals surface area (Å²) >= 11 is 0. The van der Waals surface area contributed by atoms with Crippen LogP contribution in [0.2, 0.25) is 0 Å². The maximum atomic E-state index is 12.9. The average Bonchev–Trinajstić information content (AvgIpc) is 3.24. The first-order valence-electron chi connectivity index (χ1n) is 12.3. The van der Waals surface area contributed by atoms with Crippen molar-refractivity contribution in [2.45, 2.75) is 58.0 Å².